The highest BCUT2D eigenvalue weighted by molar-refractivity contribution is 7.93. The molecule has 0 amide bonds. The quantitative estimate of drug-likeness (QED) is 0.821. The van der Waals surface area contributed by atoms with Crippen LogP contribution in [0.15, 0.2) is 24.3 Å². The first-order valence-electron chi connectivity index (χ1n) is 6.86. The molecule has 20 heavy (non-hydrogen) atoms. The smallest absolute Gasteiger partial charge is 0.235 e. The SMILES string of the molecule is O=S(=O)(Nc1cccc(CCCCl)c1)C1CCOCC1. The van der Waals surface area contributed by atoms with Crippen molar-refractivity contribution in [2.75, 3.05) is 23.8 Å². The van der Waals surface area contributed by atoms with Gasteiger partial charge in [0.05, 0.1) is 5.25 Å². The van der Waals surface area contributed by atoms with E-state index in [2.05, 4.69) is 4.72 Å². The molecule has 0 aliphatic carbocycles. The highest BCUT2D eigenvalue weighted by Crippen LogP contribution is 2.20. The number of rotatable bonds is 6. The molecule has 2 rings (SSSR count). The summed E-state index contributed by atoms with van der Waals surface area (Å²) in [7, 11) is -3.33. The van der Waals surface area contributed by atoms with E-state index in [9.17, 15) is 8.42 Å². The van der Waals surface area contributed by atoms with Gasteiger partial charge in [-0.25, -0.2) is 8.42 Å². The first-order chi connectivity index (χ1) is 9.62. The van der Waals surface area contributed by atoms with Crippen molar-refractivity contribution >= 4 is 27.3 Å². The monoisotopic (exact) mass is 317 g/mol. The second-order valence-electron chi connectivity index (χ2n) is 4.95. The largest absolute Gasteiger partial charge is 0.381 e. The van der Waals surface area contributed by atoms with Crippen LogP contribution in [0.2, 0.25) is 0 Å². The predicted molar refractivity (Wildman–Crippen MR) is 81.9 cm³/mol. The molecule has 1 N–H and O–H groups in total. The number of sulfonamides is 1. The van der Waals surface area contributed by atoms with E-state index in [1.165, 1.54) is 0 Å². The van der Waals surface area contributed by atoms with Crippen LogP contribution in [-0.4, -0.2) is 32.8 Å². The van der Waals surface area contributed by atoms with Crippen molar-refractivity contribution in [3.63, 3.8) is 0 Å². The van der Waals surface area contributed by atoms with E-state index < -0.39 is 10.0 Å². The normalized spacial score (nSPS) is 17.1. The molecular formula is C14H20ClNO3S. The van der Waals surface area contributed by atoms with Gasteiger partial charge in [-0.1, -0.05) is 12.1 Å². The third-order valence-electron chi connectivity index (χ3n) is 3.39. The molecule has 0 aromatic heterocycles. The lowest BCUT2D eigenvalue weighted by Crippen LogP contribution is -2.33. The molecule has 1 aromatic carbocycles. The van der Waals surface area contributed by atoms with Crippen molar-refractivity contribution in [1.29, 1.82) is 0 Å². The number of halogens is 1. The number of aryl methyl sites for hydroxylation is 1. The molecule has 0 unspecified atom stereocenters. The van der Waals surface area contributed by atoms with Gasteiger partial charge in [0, 0.05) is 24.8 Å². The van der Waals surface area contributed by atoms with Crippen LogP contribution < -0.4 is 4.72 Å². The van der Waals surface area contributed by atoms with Crippen LogP contribution in [0.4, 0.5) is 5.69 Å². The first-order valence-corrected chi connectivity index (χ1v) is 8.94. The van der Waals surface area contributed by atoms with Crippen LogP contribution in [0, 0.1) is 0 Å². The molecule has 1 aromatic rings. The van der Waals surface area contributed by atoms with Gasteiger partial charge in [-0.05, 0) is 43.4 Å². The minimum absolute atomic E-state index is 0.359. The van der Waals surface area contributed by atoms with E-state index in [0.29, 0.717) is 37.6 Å². The lowest BCUT2D eigenvalue weighted by molar-refractivity contribution is 0.0984. The van der Waals surface area contributed by atoms with Crippen molar-refractivity contribution in [2.24, 2.45) is 0 Å². The molecule has 0 radical (unpaired) electrons. The highest BCUT2D eigenvalue weighted by atomic mass is 35.5. The Bertz CT molecular complexity index is 527. The Morgan fingerprint density at radius 3 is 2.75 bits per heavy atom. The van der Waals surface area contributed by atoms with Crippen molar-refractivity contribution in [3.8, 4) is 0 Å². The molecule has 0 atom stereocenters. The van der Waals surface area contributed by atoms with E-state index in [-0.39, 0.29) is 5.25 Å². The second kappa shape index (κ2) is 7.29. The van der Waals surface area contributed by atoms with Gasteiger partial charge in [0.2, 0.25) is 10.0 Å². The molecule has 112 valence electrons. The van der Waals surface area contributed by atoms with Crippen LogP contribution >= 0.6 is 11.6 Å². The number of alkyl halides is 1. The van der Waals surface area contributed by atoms with Gasteiger partial charge in [-0.3, -0.25) is 4.72 Å². The van der Waals surface area contributed by atoms with E-state index in [0.717, 1.165) is 18.4 Å². The van der Waals surface area contributed by atoms with E-state index in [4.69, 9.17) is 16.3 Å². The summed E-state index contributed by atoms with van der Waals surface area (Å²) in [5.74, 6) is 0.609. The fourth-order valence-electron chi connectivity index (χ4n) is 2.30. The molecule has 0 saturated carbocycles. The standard InChI is InChI=1S/C14H20ClNO3S/c15-8-2-4-12-3-1-5-13(11-12)16-20(17,18)14-6-9-19-10-7-14/h1,3,5,11,14,16H,2,4,6-10H2. The zero-order valence-corrected chi connectivity index (χ0v) is 12.9. The maximum atomic E-state index is 12.3. The Kier molecular flexibility index (Phi) is 5.69. The zero-order valence-electron chi connectivity index (χ0n) is 11.3. The summed E-state index contributed by atoms with van der Waals surface area (Å²) >= 11 is 5.68. The van der Waals surface area contributed by atoms with E-state index >= 15 is 0 Å². The molecule has 0 bridgehead atoms. The molecule has 1 saturated heterocycles. The molecule has 6 heteroatoms. The van der Waals surface area contributed by atoms with Gasteiger partial charge in [0.15, 0.2) is 0 Å². The average molecular weight is 318 g/mol. The van der Waals surface area contributed by atoms with Crippen molar-refractivity contribution < 1.29 is 13.2 Å². The molecule has 1 aliphatic rings. The summed E-state index contributed by atoms with van der Waals surface area (Å²) in [6.45, 7) is 1.03. The van der Waals surface area contributed by atoms with Crippen LogP contribution in [-0.2, 0) is 21.2 Å². The average Bonchev–Trinajstić information content (AvgIpc) is 2.46. The molecule has 1 heterocycles. The number of hydrogen-bond acceptors (Lipinski definition) is 3. The lowest BCUT2D eigenvalue weighted by atomic mass is 10.1. The van der Waals surface area contributed by atoms with E-state index in [1.54, 1.807) is 6.07 Å². The van der Waals surface area contributed by atoms with Gasteiger partial charge < -0.3 is 4.74 Å². The summed E-state index contributed by atoms with van der Waals surface area (Å²) in [4.78, 5) is 0. The minimum atomic E-state index is -3.33. The maximum Gasteiger partial charge on any atom is 0.235 e. The summed E-state index contributed by atoms with van der Waals surface area (Å²) in [5, 5.41) is -0.359. The summed E-state index contributed by atoms with van der Waals surface area (Å²) < 4.78 is 32.5. The number of nitrogens with one attached hydrogen (secondary N) is 1. The summed E-state index contributed by atoms with van der Waals surface area (Å²) in [5.41, 5.74) is 1.72. The summed E-state index contributed by atoms with van der Waals surface area (Å²) in [6.07, 6.45) is 2.86. The number of benzene rings is 1. The van der Waals surface area contributed by atoms with Gasteiger partial charge in [0.1, 0.15) is 0 Å². The molecule has 0 spiro atoms. The third kappa shape index (κ3) is 4.36. The Morgan fingerprint density at radius 1 is 1.30 bits per heavy atom. The van der Waals surface area contributed by atoms with Crippen molar-refractivity contribution in [1.82, 2.24) is 0 Å². The topological polar surface area (TPSA) is 55.4 Å². The second-order valence-corrected chi connectivity index (χ2v) is 7.29. The molecule has 1 fully saturated rings. The number of hydrogen-bond donors (Lipinski definition) is 1. The van der Waals surface area contributed by atoms with Crippen LogP contribution in [0.25, 0.3) is 0 Å². The van der Waals surface area contributed by atoms with Gasteiger partial charge in [-0.15, -0.1) is 11.6 Å². The van der Waals surface area contributed by atoms with Gasteiger partial charge >= 0.3 is 0 Å². The fraction of sp³-hybridized carbons (Fsp3) is 0.571. The summed E-state index contributed by atoms with van der Waals surface area (Å²) in [6, 6.07) is 7.51. The van der Waals surface area contributed by atoms with Crippen LogP contribution in [0.3, 0.4) is 0 Å². The van der Waals surface area contributed by atoms with Crippen LogP contribution in [0.5, 0.6) is 0 Å². The Balaban J connectivity index is 2.04. The highest BCUT2D eigenvalue weighted by Gasteiger charge is 2.27. The van der Waals surface area contributed by atoms with Gasteiger partial charge in [0.25, 0.3) is 0 Å². The molecule has 1 aliphatic heterocycles. The minimum Gasteiger partial charge on any atom is -0.381 e. The van der Waals surface area contributed by atoms with Gasteiger partial charge in [-0.2, -0.15) is 0 Å². The van der Waals surface area contributed by atoms with Crippen molar-refractivity contribution in [3.05, 3.63) is 29.8 Å². The maximum absolute atomic E-state index is 12.3. The van der Waals surface area contributed by atoms with E-state index in [1.807, 2.05) is 18.2 Å². The molecule has 4 nitrogen and oxygen atoms in total. The predicted octanol–water partition coefficient (Wildman–Crippen LogP) is 2.78. The Morgan fingerprint density at radius 2 is 2.05 bits per heavy atom. The number of ether oxygens (including phenoxy) is 1. The fourth-order valence-corrected chi connectivity index (χ4v) is 3.86. The van der Waals surface area contributed by atoms with Crippen LogP contribution in [0.1, 0.15) is 24.8 Å². The van der Waals surface area contributed by atoms with Crippen molar-refractivity contribution in [2.45, 2.75) is 30.9 Å². The Hall–Kier alpha value is -0.780. The molecular weight excluding hydrogens is 298 g/mol. The Labute approximate surface area is 125 Å². The third-order valence-corrected chi connectivity index (χ3v) is 5.53. The lowest BCUT2D eigenvalue weighted by Gasteiger charge is -2.22. The zero-order chi connectivity index (χ0) is 14.4. The first kappa shape index (κ1) is 15.6. The number of anilines is 1.